The van der Waals surface area contributed by atoms with Crippen LogP contribution in [0.4, 0.5) is 0 Å². The third-order valence-electron chi connectivity index (χ3n) is 6.36. The molecule has 2 aliphatic heterocycles. The summed E-state index contributed by atoms with van der Waals surface area (Å²) in [5.74, 6) is 1.59. The van der Waals surface area contributed by atoms with Crippen molar-refractivity contribution in [3.8, 4) is 11.5 Å². The lowest BCUT2D eigenvalue weighted by Gasteiger charge is -2.44. The molecule has 0 radical (unpaired) electrons. The minimum absolute atomic E-state index is 0.117. The van der Waals surface area contributed by atoms with Crippen LogP contribution in [-0.4, -0.2) is 41.9 Å². The molecular weight excluding hydrogens is 414 g/mol. The molecule has 0 atom stereocenters. The van der Waals surface area contributed by atoms with Crippen LogP contribution in [0.25, 0.3) is 0 Å². The van der Waals surface area contributed by atoms with Crippen LogP contribution in [0.5, 0.6) is 11.5 Å². The Morgan fingerprint density at radius 1 is 1.16 bits per heavy atom. The second kappa shape index (κ2) is 8.91. The predicted molar refractivity (Wildman–Crippen MR) is 120 cm³/mol. The van der Waals surface area contributed by atoms with Gasteiger partial charge in [-0.1, -0.05) is 23.7 Å². The number of fused-ring (bicyclic) bond motifs is 1. The maximum absolute atomic E-state index is 12.8. The maximum Gasteiger partial charge on any atom is 0.222 e. The van der Waals surface area contributed by atoms with E-state index in [0.29, 0.717) is 73.9 Å². The molecule has 4 rings (SSSR count). The summed E-state index contributed by atoms with van der Waals surface area (Å²) < 4.78 is 12.0. The van der Waals surface area contributed by atoms with Crippen molar-refractivity contribution in [3.05, 3.63) is 58.1 Å². The van der Waals surface area contributed by atoms with Crippen molar-refractivity contribution in [1.82, 2.24) is 4.90 Å². The minimum atomic E-state index is -0.490. The quantitative estimate of drug-likeness (QED) is 0.602. The van der Waals surface area contributed by atoms with E-state index in [1.807, 2.05) is 49.1 Å². The van der Waals surface area contributed by atoms with Gasteiger partial charge in [-0.15, -0.1) is 0 Å². The molecular formula is C25H28ClNO4. The van der Waals surface area contributed by atoms with Gasteiger partial charge in [-0.3, -0.25) is 9.59 Å². The highest BCUT2D eigenvalue weighted by molar-refractivity contribution is 6.32. The van der Waals surface area contributed by atoms with Crippen LogP contribution in [0.2, 0.25) is 5.02 Å². The van der Waals surface area contributed by atoms with E-state index in [1.54, 1.807) is 6.07 Å². The Balaban J connectivity index is 1.28. The maximum atomic E-state index is 12.8. The molecule has 0 unspecified atom stereocenters. The van der Waals surface area contributed by atoms with Crippen molar-refractivity contribution < 1.29 is 19.1 Å². The standard InChI is InChI=1S/C25H28ClNO4/c1-17-14-19-21(28)16-25(31-23(19)15-18(17)2)9-11-27(12-10-25)24(29)8-5-13-30-22-7-4-3-6-20(22)26/h3-4,6-7,14-15H,5,8-13,16H2,1-2H3. The highest BCUT2D eigenvalue weighted by Gasteiger charge is 2.43. The van der Waals surface area contributed by atoms with Crippen molar-refractivity contribution in [2.24, 2.45) is 0 Å². The van der Waals surface area contributed by atoms with Gasteiger partial charge in [0.05, 0.1) is 23.6 Å². The normalized spacial score (nSPS) is 17.3. The summed E-state index contributed by atoms with van der Waals surface area (Å²) in [6, 6.07) is 11.2. The predicted octanol–water partition coefficient (Wildman–Crippen LogP) is 5.14. The summed E-state index contributed by atoms with van der Waals surface area (Å²) in [4.78, 5) is 27.3. The topological polar surface area (TPSA) is 55.8 Å². The molecule has 0 saturated carbocycles. The molecule has 1 saturated heterocycles. The number of hydrogen-bond donors (Lipinski definition) is 0. The number of ether oxygens (including phenoxy) is 2. The Labute approximate surface area is 188 Å². The number of rotatable bonds is 5. The molecule has 5 nitrogen and oxygen atoms in total. The molecule has 1 spiro atoms. The van der Waals surface area contributed by atoms with Crippen LogP contribution in [0, 0.1) is 13.8 Å². The van der Waals surface area contributed by atoms with Gasteiger partial charge in [-0.25, -0.2) is 0 Å². The first-order chi connectivity index (χ1) is 14.9. The number of piperidine rings is 1. The number of nitrogens with zero attached hydrogens (tertiary/aromatic N) is 1. The van der Waals surface area contributed by atoms with Gasteiger partial charge in [-0.05, 0) is 55.7 Å². The first-order valence-electron chi connectivity index (χ1n) is 10.9. The summed E-state index contributed by atoms with van der Waals surface area (Å²) in [5, 5.41) is 0.573. The number of amides is 1. The second-order valence-corrected chi connectivity index (χ2v) is 8.99. The molecule has 0 bridgehead atoms. The fourth-order valence-electron chi connectivity index (χ4n) is 4.32. The molecule has 0 N–H and O–H groups in total. The molecule has 0 aliphatic carbocycles. The van der Waals surface area contributed by atoms with E-state index in [0.717, 1.165) is 11.1 Å². The second-order valence-electron chi connectivity index (χ2n) is 8.58. The molecule has 2 aromatic carbocycles. The first-order valence-corrected chi connectivity index (χ1v) is 11.2. The van der Waals surface area contributed by atoms with Crippen LogP contribution in [0.15, 0.2) is 36.4 Å². The van der Waals surface area contributed by atoms with Crippen LogP contribution < -0.4 is 9.47 Å². The van der Waals surface area contributed by atoms with E-state index in [9.17, 15) is 9.59 Å². The van der Waals surface area contributed by atoms with Gasteiger partial charge < -0.3 is 14.4 Å². The average molecular weight is 442 g/mol. The summed E-state index contributed by atoms with van der Waals surface area (Å²) in [5.41, 5.74) is 2.42. The van der Waals surface area contributed by atoms with Crippen LogP contribution in [-0.2, 0) is 4.79 Å². The summed E-state index contributed by atoms with van der Waals surface area (Å²) in [6.45, 7) is 5.70. The zero-order valence-electron chi connectivity index (χ0n) is 18.1. The molecule has 2 aliphatic rings. The SMILES string of the molecule is Cc1cc2c(cc1C)C(=O)CC1(CCN(C(=O)CCCOc3ccccc3Cl)CC1)O2. The zero-order chi connectivity index (χ0) is 22.0. The van der Waals surface area contributed by atoms with E-state index in [1.165, 1.54) is 0 Å². The zero-order valence-corrected chi connectivity index (χ0v) is 18.8. The lowest BCUT2D eigenvalue weighted by molar-refractivity contribution is -0.135. The monoisotopic (exact) mass is 441 g/mol. The smallest absolute Gasteiger partial charge is 0.222 e. The van der Waals surface area contributed by atoms with Gasteiger partial charge in [-0.2, -0.15) is 0 Å². The molecule has 0 aromatic heterocycles. The molecule has 6 heteroatoms. The van der Waals surface area contributed by atoms with Crippen LogP contribution in [0.3, 0.4) is 0 Å². The van der Waals surface area contributed by atoms with Gasteiger partial charge in [0.1, 0.15) is 17.1 Å². The number of aryl methyl sites for hydroxylation is 2. The third-order valence-corrected chi connectivity index (χ3v) is 6.67. The fraction of sp³-hybridized carbons (Fsp3) is 0.440. The Bertz CT molecular complexity index is 995. The minimum Gasteiger partial charge on any atom is -0.492 e. The fourth-order valence-corrected chi connectivity index (χ4v) is 4.51. The Kier molecular flexibility index (Phi) is 6.24. The van der Waals surface area contributed by atoms with Crippen molar-refractivity contribution in [2.45, 2.75) is 51.6 Å². The lowest BCUT2D eigenvalue weighted by atomic mass is 9.82. The Hall–Kier alpha value is -2.53. The average Bonchev–Trinajstić information content (AvgIpc) is 2.74. The van der Waals surface area contributed by atoms with E-state index in [4.69, 9.17) is 21.1 Å². The highest BCUT2D eigenvalue weighted by atomic mass is 35.5. The number of Topliss-reactive ketones (excluding diaryl/α,β-unsaturated/α-hetero) is 1. The highest BCUT2D eigenvalue weighted by Crippen LogP contribution is 2.40. The van der Waals surface area contributed by atoms with E-state index in [2.05, 4.69) is 0 Å². The van der Waals surface area contributed by atoms with Crippen LogP contribution >= 0.6 is 11.6 Å². The molecule has 31 heavy (non-hydrogen) atoms. The number of carbonyl (C=O) groups excluding carboxylic acids is 2. The number of hydrogen-bond acceptors (Lipinski definition) is 4. The summed E-state index contributed by atoms with van der Waals surface area (Å²) in [7, 11) is 0. The molecule has 1 amide bonds. The van der Waals surface area contributed by atoms with Crippen molar-refractivity contribution in [3.63, 3.8) is 0 Å². The van der Waals surface area contributed by atoms with Crippen molar-refractivity contribution >= 4 is 23.3 Å². The van der Waals surface area contributed by atoms with Gasteiger partial charge in [0.2, 0.25) is 5.91 Å². The summed E-state index contributed by atoms with van der Waals surface area (Å²) >= 11 is 6.08. The number of ketones is 1. The van der Waals surface area contributed by atoms with Crippen molar-refractivity contribution in [2.75, 3.05) is 19.7 Å². The van der Waals surface area contributed by atoms with Gasteiger partial charge in [0.15, 0.2) is 5.78 Å². The van der Waals surface area contributed by atoms with Gasteiger partial charge in [0.25, 0.3) is 0 Å². The summed E-state index contributed by atoms with van der Waals surface area (Å²) in [6.07, 6.45) is 2.79. The largest absolute Gasteiger partial charge is 0.492 e. The number of likely N-dealkylation sites (tertiary alicyclic amines) is 1. The molecule has 2 heterocycles. The molecule has 2 aromatic rings. The van der Waals surface area contributed by atoms with E-state index >= 15 is 0 Å². The van der Waals surface area contributed by atoms with E-state index < -0.39 is 5.60 Å². The third kappa shape index (κ3) is 4.72. The van der Waals surface area contributed by atoms with Crippen molar-refractivity contribution in [1.29, 1.82) is 0 Å². The number of carbonyl (C=O) groups is 2. The molecule has 1 fully saturated rings. The van der Waals surface area contributed by atoms with Crippen LogP contribution in [0.1, 0.15) is 53.6 Å². The van der Waals surface area contributed by atoms with E-state index in [-0.39, 0.29) is 11.7 Å². The Morgan fingerprint density at radius 3 is 2.61 bits per heavy atom. The Morgan fingerprint density at radius 2 is 1.87 bits per heavy atom. The first kappa shape index (κ1) is 21.7. The number of halogens is 1. The molecule has 164 valence electrons. The lowest BCUT2D eigenvalue weighted by Crippen LogP contribution is -2.52. The number of para-hydroxylation sites is 1. The van der Waals surface area contributed by atoms with Gasteiger partial charge in [0, 0.05) is 32.4 Å². The van der Waals surface area contributed by atoms with Gasteiger partial charge >= 0.3 is 0 Å². The number of benzene rings is 2.